The Labute approximate surface area is 293 Å². The van der Waals surface area contributed by atoms with Crippen LogP contribution in [0.2, 0.25) is 0 Å². The monoisotopic (exact) mass is 699 g/mol. The van der Waals surface area contributed by atoms with E-state index in [-0.39, 0.29) is 23.5 Å². The summed E-state index contributed by atoms with van der Waals surface area (Å²) < 4.78 is 47.5. The molecule has 5 aromatic rings. The van der Waals surface area contributed by atoms with Crippen LogP contribution in [0.15, 0.2) is 91.0 Å². The van der Waals surface area contributed by atoms with Crippen molar-refractivity contribution in [3.05, 3.63) is 113 Å². The molecule has 0 aliphatic carbocycles. The van der Waals surface area contributed by atoms with E-state index in [0.717, 1.165) is 17.7 Å². The lowest BCUT2D eigenvalue weighted by Gasteiger charge is -2.20. The zero-order valence-electron chi connectivity index (χ0n) is 28.5. The lowest BCUT2D eigenvalue weighted by molar-refractivity contribution is -0.137. The summed E-state index contributed by atoms with van der Waals surface area (Å²) in [5.74, 6) is 0.271. The van der Waals surface area contributed by atoms with Gasteiger partial charge in [0.05, 0.1) is 16.6 Å². The van der Waals surface area contributed by atoms with Crippen LogP contribution in [0.4, 0.5) is 13.2 Å². The minimum Gasteiger partial charge on any atom is -0.457 e. The van der Waals surface area contributed by atoms with Crippen LogP contribution in [0.1, 0.15) is 66.7 Å². The molecular formula is C38H40F3N7O3. The number of nitrogens with zero attached hydrogens (tertiary/aromatic N) is 2. The van der Waals surface area contributed by atoms with Gasteiger partial charge in [-0.15, -0.1) is 0 Å². The largest absolute Gasteiger partial charge is 0.457 e. The summed E-state index contributed by atoms with van der Waals surface area (Å²) in [4.78, 5) is 31.0. The van der Waals surface area contributed by atoms with Crippen molar-refractivity contribution in [1.82, 2.24) is 20.2 Å². The van der Waals surface area contributed by atoms with Gasteiger partial charge in [-0.05, 0) is 84.0 Å². The van der Waals surface area contributed by atoms with Crippen molar-refractivity contribution in [3.8, 4) is 22.9 Å². The maximum absolute atomic E-state index is 13.2. The maximum atomic E-state index is 13.2. The Hall–Kier alpha value is -5.85. The van der Waals surface area contributed by atoms with Gasteiger partial charge in [0.1, 0.15) is 23.4 Å². The predicted octanol–water partition coefficient (Wildman–Crippen LogP) is 7.03. The van der Waals surface area contributed by atoms with Gasteiger partial charge < -0.3 is 31.4 Å². The van der Waals surface area contributed by atoms with E-state index in [2.05, 4.69) is 31.4 Å². The molecule has 0 spiro atoms. The third-order valence-electron chi connectivity index (χ3n) is 8.32. The fraction of sp³-hybridized carbons (Fsp3) is 0.263. The van der Waals surface area contributed by atoms with Gasteiger partial charge in [0.25, 0.3) is 5.91 Å². The number of fused-ring (bicyclic) bond motifs is 1. The van der Waals surface area contributed by atoms with Crippen molar-refractivity contribution in [2.75, 3.05) is 6.54 Å². The van der Waals surface area contributed by atoms with E-state index in [9.17, 15) is 22.8 Å². The number of carbonyl (C=O) groups excluding carboxylic acids is 2. The van der Waals surface area contributed by atoms with E-state index < -0.39 is 29.6 Å². The van der Waals surface area contributed by atoms with Gasteiger partial charge in [0.2, 0.25) is 5.91 Å². The smallest absolute Gasteiger partial charge is 0.416 e. The SMILES string of the molecule is CC(C)(C)c1ccc(Oc2cccc(-c3nc4cc(C(=O)NCc5cccc(C(F)(F)F)c5)ccc4n3C(CCCNC(=N)N)C(N)=O)c2)cc1. The molecule has 0 saturated carbocycles. The molecule has 4 aromatic carbocycles. The highest BCUT2D eigenvalue weighted by molar-refractivity contribution is 5.98. The van der Waals surface area contributed by atoms with Crippen LogP contribution in [-0.4, -0.2) is 33.9 Å². The second-order valence-corrected chi connectivity index (χ2v) is 13.2. The Morgan fingerprint density at radius 1 is 0.882 bits per heavy atom. The van der Waals surface area contributed by atoms with Gasteiger partial charge in [-0.3, -0.25) is 15.0 Å². The Bertz CT molecular complexity index is 2050. The maximum Gasteiger partial charge on any atom is 0.416 e. The lowest BCUT2D eigenvalue weighted by Crippen LogP contribution is -2.32. The molecule has 0 aliphatic heterocycles. The summed E-state index contributed by atoms with van der Waals surface area (Å²) in [6.07, 6.45) is -3.75. The first kappa shape index (κ1) is 36.4. The number of imidazole rings is 1. The Morgan fingerprint density at radius 2 is 1.61 bits per heavy atom. The van der Waals surface area contributed by atoms with Crippen molar-refractivity contribution in [2.45, 2.75) is 57.8 Å². The molecule has 0 bridgehead atoms. The molecule has 1 heterocycles. The topological polar surface area (TPSA) is 161 Å². The first-order valence-electron chi connectivity index (χ1n) is 16.3. The molecule has 1 unspecified atom stereocenters. The van der Waals surface area contributed by atoms with E-state index in [1.807, 2.05) is 30.3 Å². The number of amides is 2. The zero-order chi connectivity index (χ0) is 36.9. The van der Waals surface area contributed by atoms with Crippen LogP contribution < -0.4 is 26.8 Å². The van der Waals surface area contributed by atoms with Gasteiger partial charge in [-0.1, -0.05) is 57.2 Å². The molecule has 2 amide bonds. The summed E-state index contributed by atoms with van der Waals surface area (Å²) in [6, 6.07) is 23.8. The zero-order valence-corrected chi connectivity index (χ0v) is 28.5. The highest BCUT2D eigenvalue weighted by Gasteiger charge is 2.30. The van der Waals surface area contributed by atoms with Gasteiger partial charge in [0, 0.05) is 24.2 Å². The third kappa shape index (κ3) is 9.04. The second kappa shape index (κ2) is 15.0. The molecule has 13 heteroatoms. The Morgan fingerprint density at radius 3 is 2.27 bits per heavy atom. The second-order valence-electron chi connectivity index (χ2n) is 13.2. The summed E-state index contributed by atoms with van der Waals surface area (Å²) in [6.45, 7) is 6.62. The highest BCUT2D eigenvalue weighted by atomic mass is 19.4. The van der Waals surface area contributed by atoms with E-state index in [0.29, 0.717) is 58.9 Å². The van der Waals surface area contributed by atoms with Crippen molar-refractivity contribution in [1.29, 1.82) is 5.41 Å². The minimum absolute atomic E-state index is 0.0142. The summed E-state index contributed by atoms with van der Waals surface area (Å²) in [5, 5.41) is 12.8. The van der Waals surface area contributed by atoms with Crippen molar-refractivity contribution >= 4 is 28.8 Å². The van der Waals surface area contributed by atoms with E-state index in [4.69, 9.17) is 26.6 Å². The van der Waals surface area contributed by atoms with Crippen LogP contribution in [0.3, 0.4) is 0 Å². The fourth-order valence-electron chi connectivity index (χ4n) is 5.68. The highest BCUT2D eigenvalue weighted by Crippen LogP contribution is 2.34. The number of guanidine groups is 1. The normalized spacial score (nSPS) is 12.4. The first-order chi connectivity index (χ1) is 24.1. The Balaban J connectivity index is 1.48. The van der Waals surface area contributed by atoms with Gasteiger partial charge in [0.15, 0.2) is 5.96 Å². The molecule has 1 atom stereocenters. The number of hydrogen-bond acceptors (Lipinski definition) is 5. The number of nitrogens with two attached hydrogens (primary N) is 2. The number of halogens is 3. The fourth-order valence-corrected chi connectivity index (χ4v) is 5.68. The summed E-state index contributed by atoms with van der Waals surface area (Å²) in [5.41, 5.74) is 13.8. The first-order valence-corrected chi connectivity index (χ1v) is 16.3. The molecule has 0 radical (unpaired) electrons. The van der Waals surface area contributed by atoms with Gasteiger partial charge in [-0.25, -0.2) is 4.98 Å². The number of alkyl halides is 3. The van der Waals surface area contributed by atoms with Crippen LogP contribution in [0.5, 0.6) is 11.5 Å². The third-order valence-corrected chi connectivity index (χ3v) is 8.32. The van der Waals surface area contributed by atoms with Crippen molar-refractivity contribution in [3.63, 3.8) is 0 Å². The van der Waals surface area contributed by atoms with Crippen molar-refractivity contribution in [2.24, 2.45) is 11.5 Å². The minimum atomic E-state index is -4.50. The van der Waals surface area contributed by atoms with Gasteiger partial charge >= 0.3 is 6.18 Å². The molecule has 266 valence electrons. The number of nitrogens with one attached hydrogen (secondary N) is 3. The standard InChI is InChI=1S/C38H40F3N7O3/c1-37(2,3)26-13-15-28(16-14-26)51-29-10-5-8-24(20-29)34-47-30-21-25(35(50)46-22-23-7-4-9-27(19-23)38(39,40)41)12-17-31(30)48(34)32(33(42)49)11-6-18-45-36(43)44/h4-5,7-10,12-17,19-21,32H,6,11,18,22H2,1-3H3,(H2,42,49)(H,46,50)(H4,43,44,45). The molecule has 0 aliphatic rings. The summed E-state index contributed by atoms with van der Waals surface area (Å²) >= 11 is 0. The lowest BCUT2D eigenvalue weighted by atomic mass is 9.87. The molecule has 0 saturated heterocycles. The number of primary amides is 1. The van der Waals surface area contributed by atoms with E-state index in [1.54, 1.807) is 41.0 Å². The number of aromatic nitrogens is 2. The number of ether oxygens (including phenoxy) is 1. The number of rotatable bonds is 12. The average molecular weight is 700 g/mol. The van der Waals surface area contributed by atoms with E-state index >= 15 is 0 Å². The van der Waals surface area contributed by atoms with Crippen LogP contribution in [0, 0.1) is 5.41 Å². The molecule has 10 nitrogen and oxygen atoms in total. The summed E-state index contributed by atoms with van der Waals surface area (Å²) in [7, 11) is 0. The van der Waals surface area contributed by atoms with E-state index in [1.165, 1.54) is 12.1 Å². The number of carbonyl (C=O) groups is 2. The Kier molecular flexibility index (Phi) is 10.7. The quantitative estimate of drug-likeness (QED) is 0.0534. The van der Waals surface area contributed by atoms with Crippen LogP contribution in [-0.2, 0) is 22.9 Å². The molecular weight excluding hydrogens is 659 g/mol. The predicted molar refractivity (Wildman–Crippen MR) is 190 cm³/mol. The molecule has 5 rings (SSSR count). The molecule has 0 fully saturated rings. The molecule has 51 heavy (non-hydrogen) atoms. The van der Waals surface area contributed by atoms with Crippen LogP contribution in [0.25, 0.3) is 22.4 Å². The van der Waals surface area contributed by atoms with Gasteiger partial charge in [-0.2, -0.15) is 13.2 Å². The van der Waals surface area contributed by atoms with Crippen molar-refractivity contribution < 1.29 is 27.5 Å². The molecule has 1 aromatic heterocycles. The number of benzene rings is 4. The van der Waals surface area contributed by atoms with Crippen LogP contribution >= 0.6 is 0 Å². The molecule has 7 N–H and O–H groups in total. The number of hydrogen-bond donors (Lipinski definition) is 5. The average Bonchev–Trinajstić information content (AvgIpc) is 3.45.